The number of rotatable bonds is 26. The summed E-state index contributed by atoms with van der Waals surface area (Å²) in [5, 5.41) is 15.8. The Morgan fingerprint density at radius 3 is 1.98 bits per heavy atom. The summed E-state index contributed by atoms with van der Waals surface area (Å²) in [4.78, 5) is 61.6. The summed E-state index contributed by atoms with van der Waals surface area (Å²) in [5.74, 6) is -7.25. The van der Waals surface area contributed by atoms with Gasteiger partial charge in [0.25, 0.3) is 0 Å². The number of halogens is 3. The molecule has 0 saturated carbocycles. The van der Waals surface area contributed by atoms with Crippen molar-refractivity contribution in [1.82, 2.24) is 24.7 Å². The maximum atomic E-state index is 15.2. The third-order valence-electron chi connectivity index (χ3n) is 9.01. The molecule has 0 bridgehead atoms. The van der Waals surface area contributed by atoms with E-state index >= 15 is 8.78 Å². The molecule has 0 saturated heterocycles. The minimum absolute atomic E-state index is 0.184. The van der Waals surface area contributed by atoms with Gasteiger partial charge in [-0.15, -0.1) is 0 Å². The minimum atomic E-state index is -2.27. The summed E-state index contributed by atoms with van der Waals surface area (Å²) in [6.07, 6.45) is 10.6. The van der Waals surface area contributed by atoms with Gasteiger partial charge < -0.3 is 24.1 Å². The highest BCUT2D eigenvalue weighted by molar-refractivity contribution is 5.78. The summed E-state index contributed by atoms with van der Waals surface area (Å²) in [7, 11) is 0. The predicted octanol–water partition coefficient (Wildman–Crippen LogP) is 6.58. The van der Waals surface area contributed by atoms with Crippen molar-refractivity contribution in [3.05, 3.63) is 65.8 Å². The Hall–Kier alpha value is -4.93. The first-order chi connectivity index (χ1) is 26.9. The maximum Gasteiger partial charge on any atom is 0.324 e. The first kappa shape index (κ1) is 45.5. The molecule has 0 spiro atoms. The van der Waals surface area contributed by atoms with Crippen LogP contribution in [-0.2, 0) is 45.5 Å². The van der Waals surface area contributed by atoms with Gasteiger partial charge in [0.15, 0.2) is 11.9 Å². The van der Waals surface area contributed by atoms with Crippen molar-refractivity contribution in [3.8, 4) is 6.01 Å². The first-order valence-corrected chi connectivity index (χ1v) is 19.1. The standard InChI is InChI=1S/C39H52F3N5O9/c1-4-6-8-10-12-14-33(48)53-22-29(23-54-34(49)15-13-11-9-7-5-2)55-35(50)18-19-36(51)56-38-44-21-32(42)37(46-38)27(3)39(52,24-47-26-43-25-45-47)30-17-16-28(40)20-31(30)41/h16-17,20-21,25-27,29,52H,4-15,18-19,22-24H2,1-3H3/t27-,39?/m0/s1. The molecule has 0 fully saturated rings. The number of ether oxygens (including phenoxy) is 4. The molecule has 308 valence electrons. The van der Waals surface area contributed by atoms with Crippen LogP contribution in [0.1, 0.15) is 128 Å². The molecule has 1 unspecified atom stereocenters. The third kappa shape index (κ3) is 15.3. The van der Waals surface area contributed by atoms with Gasteiger partial charge in [-0.2, -0.15) is 10.1 Å². The number of nitrogens with zero attached hydrogens (tertiary/aromatic N) is 5. The van der Waals surface area contributed by atoms with Crippen molar-refractivity contribution in [2.24, 2.45) is 0 Å². The highest BCUT2D eigenvalue weighted by Crippen LogP contribution is 2.40. The normalized spacial score (nSPS) is 12.9. The Morgan fingerprint density at radius 1 is 0.804 bits per heavy atom. The zero-order chi connectivity index (χ0) is 40.9. The molecule has 2 heterocycles. The van der Waals surface area contributed by atoms with E-state index in [0.717, 1.165) is 63.5 Å². The summed E-state index contributed by atoms with van der Waals surface area (Å²) in [6, 6.07) is 1.88. The van der Waals surface area contributed by atoms with Gasteiger partial charge in [-0.1, -0.05) is 78.2 Å². The van der Waals surface area contributed by atoms with Crippen LogP contribution in [0, 0.1) is 17.5 Å². The zero-order valence-electron chi connectivity index (χ0n) is 32.2. The molecular formula is C39H52F3N5O9. The van der Waals surface area contributed by atoms with Crippen LogP contribution in [0.5, 0.6) is 6.01 Å². The van der Waals surface area contributed by atoms with E-state index < -0.39 is 90.0 Å². The maximum absolute atomic E-state index is 15.2. The topological polar surface area (TPSA) is 182 Å². The molecule has 3 rings (SSSR count). The number of hydrogen-bond donors (Lipinski definition) is 1. The number of aliphatic hydroxyl groups is 1. The van der Waals surface area contributed by atoms with E-state index in [2.05, 4.69) is 33.9 Å². The molecule has 3 aromatic rings. The zero-order valence-corrected chi connectivity index (χ0v) is 32.2. The number of esters is 4. The van der Waals surface area contributed by atoms with Crippen LogP contribution in [0.4, 0.5) is 13.2 Å². The Kier molecular flexibility index (Phi) is 19.4. The Morgan fingerprint density at radius 2 is 1.41 bits per heavy atom. The van der Waals surface area contributed by atoms with Gasteiger partial charge in [0, 0.05) is 30.4 Å². The Bertz CT molecular complexity index is 1670. The van der Waals surface area contributed by atoms with E-state index in [-0.39, 0.29) is 31.6 Å². The molecule has 0 aliphatic rings. The fourth-order valence-corrected chi connectivity index (χ4v) is 5.78. The molecule has 0 radical (unpaired) electrons. The average Bonchev–Trinajstić information content (AvgIpc) is 3.68. The fraction of sp³-hybridized carbons (Fsp3) is 0.590. The summed E-state index contributed by atoms with van der Waals surface area (Å²) in [5.41, 5.74) is -3.12. The van der Waals surface area contributed by atoms with Crippen LogP contribution in [0.2, 0.25) is 0 Å². The molecular weight excluding hydrogens is 739 g/mol. The van der Waals surface area contributed by atoms with Gasteiger partial charge in [-0.05, 0) is 18.9 Å². The van der Waals surface area contributed by atoms with Crippen molar-refractivity contribution in [2.45, 2.75) is 135 Å². The second kappa shape index (κ2) is 23.9. The number of unbranched alkanes of at least 4 members (excludes halogenated alkanes) is 8. The average molecular weight is 792 g/mol. The van der Waals surface area contributed by atoms with Gasteiger partial charge in [-0.3, -0.25) is 19.2 Å². The molecule has 1 aromatic carbocycles. The lowest BCUT2D eigenvalue weighted by Crippen LogP contribution is -2.39. The smallest absolute Gasteiger partial charge is 0.324 e. The Labute approximate surface area is 324 Å². The molecule has 0 aliphatic carbocycles. The second-order valence-corrected chi connectivity index (χ2v) is 13.5. The lowest BCUT2D eigenvalue weighted by Gasteiger charge is -2.34. The first-order valence-electron chi connectivity index (χ1n) is 19.1. The fourth-order valence-electron chi connectivity index (χ4n) is 5.78. The molecule has 2 atom stereocenters. The van der Waals surface area contributed by atoms with Gasteiger partial charge in [-0.25, -0.2) is 27.8 Å². The van der Waals surface area contributed by atoms with Crippen molar-refractivity contribution < 1.29 is 56.4 Å². The van der Waals surface area contributed by atoms with Crippen LogP contribution in [-0.4, -0.2) is 73.0 Å². The van der Waals surface area contributed by atoms with E-state index in [1.54, 1.807) is 0 Å². The second-order valence-electron chi connectivity index (χ2n) is 13.5. The van der Waals surface area contributed by atoms with Crippen LogP contribution in [0.15, 0.2) is 37.1 Å². The van der Waals surface area contributed by atoms with Crippen molar-refractivity contribution >= 4 is 23.9 Å². The quantitative estimate of drug-likeness (QED) is 0.0523. The van der Waals surface area contributed by atoms with Gasteiger partial charge in [0.1, 0.15) is 43.1 Å². The molecule has 0 amide bonds. The van der Waals surface area contributed by atoms with Crippen molar-refractivity contribution in [3.63, 3.8) is 0 Å². The van der Waals surface area contributed by atoms with E-state index in [4.69, 9.17) is 18.9 Å². The highest BCUT2D eigenvalue weighted by atomic mass is 19.1. The van der Waals surface area contributed by atoms with Crippen LogP contribution >= 0.6 is 0 Å². The SMILES string of the molecule is CCCCCCCC(=O)OCC(COC(=O)CCCCCCC)OC(=O)CCC(=O)Oc1ncc(F)c([C@H](C)C(O)(Cn2cncn2)c2ccc(F)cc2F)n1. The monoisotopic (exact) mass is 791 g/mol. The molecule has 17 heteroatoms. The molecule has 14 nitrogen and oxygen atoms in total. The van der Waals surface area contributed by atoms with Gasteiger partial charge in [0.05, 0.1) is 31.3 Å². The van der Waals surface area contributed by atoms with Crippen molar-refractivity contribution in [2.75, 3.05) is 13.2 Å². The predicted molar refractivity (Wildman–Crippen MR) is 194 cm³/mol. The number of carbonyl (C=O) groups excluding carboxylic acids is 4. The van der Waals surface area contributed by atoms with Crippen molar-refractivity contribution in [1.29, 1.82) is 0 Å². The number of hydrogen-bond acceptors (Lipinski definition) is 13. The summed E-state index contributed by atoms with van der Waals surface area (Å²) >= 11 is 0. The highest BCUT2D eigenvalue weighted by Gasteiger charge is 2.42. The van der Waals surface area contributed by atoms with E-state index in [1.165, 1.54) is 24.3 Å². The van der Waals surface area contributed by atoms with E-state index in [0.29, 0.717) is 25.1 Å². The lowest BCUT2D eigenvalue weighted by molar-refractivity contribution is -0.167. The third-order valence-corrected chi connectivity index (χ3v) is 9.01. The molecule has 2 aromatic heterocycles. The lowest BCUT2D eigenvalue weighted by atomic mass is 9.79. The van der Waals surface area contributed by atoms with Gasteiger partial charge >= 0.3 is 29.9 Å². The minimum Gasteiger partial charge on any atom is -0.462 e. The van der Waals surface area contributed by atoms with Gasteiger partial charge in [0.2, 0.25) is 0 Å². The van der Waals surface area contributed by atoms with Crippen LogP contribution in [0.25, 0.3) is 0 Å². The summed E-state index contributed by atoms with van der Waals surface area (Å²) < 4.78 is 66.3. The number of aromatic nitrogens is 5. The summed E-state index contributed by atoms with van der Waals surface area (Å²) in [6.45, 7) is 4.34. The van der Waals surface area contributed by atoms with E-state index in [9.17, 15) is 28.7 Å². The molecule has 0 aliphatic heterocycles. The number of benzene rings is 1. The Balaban J connectivity index is 1.62. The molecule has 1 N–H and O–H groups in total. The van der Waals surface area contributed by atoms with Crippen LogP contribution < -0.4 is 4.74 Å². The van der Waals surface area contributed by atoms with E-state index in [1.807, 2.05) is 0 Å². The largest absolute Gasteiger partial charge is 0.462 e. The van der Waals surface area contributed by atoms with Crippen LogP contribution in [0.3, 0.4) is 0 Å². The molecule has 56 heavy (non-hydrogen) atoms. The number of carbonyl (C=O) groups is 4.